The van der Waals surface area contributed by atoms with E-state index in [0.717, 1.165) is 70.6 Å². The number of alkyl halides is 1. The Morgan fingerprint density at radius 2 is 1.90 bits per heavy atom. The van der Waals surface area contributed by atoms with Gasteiger partial charge in [0.1, 0.15) is 0 Å². The summed E-state index contributed by atoms with van der Waals surface area (Å²) in [5, 5.41) is 11.7. The lowest BCUT2D eigenvalue weighted by Crippen LogP contribution is -2.48. The van der Waals surface area contributed by atoms with Crippen LogP contribution in [0.3, 0.4) is 0 Å². The van der Waals surface area contributed by atoms with E-state index in [-0.39, 0.29) is 28.9 Å². The molecule has 0 amide bonds. The van der Waals surface area contributed by atoms with E-state index in [1.807, 2.05) is 0 Å². The maximum absolute atomic E-state index is 13.6. The highest BCUT2D eigenvalue weighted by atomic mass is 79.9. The van der Waals surface area contributed by atoms with Gasteiger partial charge in [0.05, 0.1) is 23.2 Å². The van der Waals surface area contributed by atoms with Crippen molar-refractivity contribution < 1.29 is 18.3 Å². The average molecular weight is 494 g/mol. The summed E-state index contributed by atoms with van der Waals surface area (Å²) in [6.07, 6.45) is 10.0. The molecule has 4 nitrogen and oxygen atoms in total. The fourth-order valence-corrected chi connectivity index (χ4v) is 10.4. The lowest BCUT2D eigenvalue weighted by molar-refractivity contribution is -0.0759. The molecule has 1 N–H and O–H groups in total. The van der Waals surface area contributed by atoms with Gasteiger partial charge in [0.25, 0.3) is 0 Å². The van der Waals surface area contributed by atoms with E-state index in [4.69, 9.17) is 4.74 Å². The lowest BCUT2D eigenvalue weighted by atomic mass is 9.61. The van der Waals surface area contributed by atoms with Crippen LogP contribution in [0.5, 0.6) is 0 Å². The Balaban J connectivity index is 2.04. The first-order valence-electron chi connectivity index (χ1n) is 11.8. The van der Waals surface area contributed by atoms with Gasteiger partial charge in [-0.1, -0.05) is 49.0 Å². The van der Waals surface area contributed by atoms with Crippen LogP contribution in [0.4, 0.5) is 0 Å². The molecule has 2 aliphatic carbocycles. The molecule has 3 fully saturated rings. The molecule has 1 aliphatic heterocycles. The third-order valence-corrected chi connectivity index (χ3v) is 11.8. The number of hydrogen-bond donors (Lipinski definition) is 1. The maximum atomic E-state index is 13.6. The quantitative estimate of drug-likeness (QED) is 0.522. The minimum Gasteiger partial charge on any atom is -0.392 e. The van der Waals surface area contributed by atoms with Crippen LogP contribution < -0.4 is 0 Å². The van der Waals surface area contributed by atoms with E-state index in [9.17, 15) is 13.5 Å². The van der Waals surface area contributed by atoms with Crippen molar-refractivity contribution in [2.24, 2.45) is 23.2 Å². The summed E-state index contributed by atoms with van der Waals surface area (Å²) in [6, 6.07) is 0. The van der Waals surface area contributed by atoms with Gasteiger partial charge in [0.15, 0.2) is 9.84 Å². The number of rotatable bonds is 6. The van der Waals surface area contributed by atoms with Crippen molar-refractivity contribution in [3.8, 4) is 0 Å². The minimum atomic E-state index is -3.23. The fraction of sp³-hybridized carbons (Fsp3) is 1.00. The highest BCUT2D eigenvalue weighted by molar-refractivity contribution is 9.09. The Morgan fingerprint density at radius 1 is 1.14 bits per heavy atom. The number of sulfone groups is 1. The number of halogens is 1. The lowest BCUT2D eigenvalue weighted by Gasteiger charge is -2.47. The van der Waals surface area contributed by atoms with E-state index >= 15 is 0 Å². The molecule has 6 heteroatoms. The van der Waals surface area contributed by atoms with Crippen molar-refractivity contribution in [2.45, 2.75) is 107 Å². The minimum absolute atomic E-state index is 0.0591. The maximum Gasteiger partial charge on any atom is 0.154 e. The number of aliphatic hydroxyl groups excluding tert-OH is 1. The molecular formula is C23H41BrO4S. The largest absolute Gasteiger partial charge is 0.392 e. The van der Waals surface area contributed by atoms with E-state index in [2.05, 4.69) is 29.8 Å². The number of aliphatic hydroxyl groups is 1. The Kier molecular flexibility index (Phi) is 8.17. The summed E-state index contributed by atoms with van der Waals surface area (Å²) in [6.45, 7) is 4.24. The molecule has 1 saturated heterocycles. The zero-order valence-corrected chi connectivity index (χ0v) is 20.9. The second kappa shape index (κ2) is 9.87. The summed E-state index contributed by atoms with van der Waals surface area (Å²) in [4.78, 5) is 0.361. The molecule has 3 rings (SSSR count). The van der Waals surface area contributed by atoms with Crippen LogP contribution in [0.25, 0.3) is 0 Å². The first-order chi connectivity index (χ1) is 13.8. The molecule has 2 saturated carbocycles. The second-order valence-electron chi connectivity index (χ2n) is 10.0. The Morgan fingerprint density at radius 3 is 2.55 bits per heavy atom. The summed E-state index contributed by atoms with van der Waals surface area (Å²) in [7, 11) is -1.44. The van der Waals surface area contributed by atoms with Crippen LogP contribution in [0.1, 0.15) is 84.5 Å². The topological polar surface area (TPSA) is 63.6 Å². The third kappa shape index (κ3) is 4.90. The fourth-order valence-electron chi connectivity index (χ4n) is 6.80. The zero-order valence-electron chi connectivity index (χ0n) is 18.5. The Bertz CT molecular complexity index is 639. The number of fused-ring (bicyclic) bond motifs is 1. The first-order valence-corrected chi connectivity index (χ1v) is 14.5. The molecule has 1 heterocycles. The monoisotopic (exact) mass is 492 g/mol. The molecule has 0 aromatic rings. The first kappa shape index (κ1) is 24.0. The molecule has 0 spiro atoms. The second-order valence-corrected chi connectivity index (χ2v) is 13.6. The van der Waals surface area contributed by atoms with Gasteiger partial charge < -0.3 is 9.84 Å². The third-order valence-electron chi connectivity index (χ3n) is 8.48. The molecule has 170 valence electrons. The van der Waals surface area contributed by atoms with E-state index < -0.39 is 21.4 Å². The summed E-state index contributed by atoms with van der Waals surface area (Å²) in [5.41, 5.74) is -0.501. The molecule has 0 radical (unpaired) electrons. The van der Waals surface area contributed by atoms with E-state index in [1.165, 1.54) is 0 Å². The molecule has 3 aliphatic rings. The number of unbranched alkanes of at least 4 members (excludes halogenated alkanes) is 1. The van der Waals surface area contributed by atoms with Crippen LogP contribution >= 0.6 is 15.9 Å². The SMILES string of the molecule is CCCC[C@]1(CC)CS(=O)(=O)C2CCC(Br)CC2[C@H](C2CCCC(OC)C2)C1O. The standard InChI is InChI=1S/C23H41BrO4S/c1-4-6-12-23(5-2)15-29(26,27)20-11-10-17(24)14-19(20)21(22(23)25)16-8-7-9-18(13-16)28-3/h16-22,25H,4-15H2,1-3H3/t16?,17?,18?,19?,20?,21-,22?,23+/m0/s1. The van der Waals surface area contributed by atoms with Gasteiger partial charge in [0, 0.05) is 17.4 Å². The summed E-state index contributed by atoms with van der Waals surface area (Å²) < 4.78 is 33.0. The molecule has 8 atom stereocenters. The molecule has 0 aromatic heterocycles. The summed E-state index contributed by atoms with van der Waals surface area (Å²) >= 11 is 3.80. The molecule has 0 aromatic carbocycles. The highest BCUT2D eigenvalue weighted by Gasteiger charge is 2.56. The van der Waals surface area contributed by atoms with Crippen molar-refractivity contribution in [1.29, 1.82) is 0 Å². The van der Waals surface area contributed by atoms with Gasteiger partial charge >= 0.3 is 0 Å². The normalized spacial score (nSPS) is 45.3. The van der Waals surface area contributed by atoms with Gasteiger partial charge in [-0.25, -0.2) is 8.42 Å². The predicted molar refractivity (Wildman–Crippen MR) is 122 cm³/mol. The van der Waals surface area contributed by atoms with Crippen LogP contribution in [0.2, 0.25) is 0 Å². The van der Waals surface area contributed by atoms with Gasteiger partial charge in [0.2, 0.25) is 0 Å². The summed E-state index contributed by atoms with van der Waals surface area (Å²) in [5.74, 6) is 0.647. The van der Waals surface area contributed by atoms with Crippen LogP contribution in [-0.4, -0.2) is 48.7 Å². The van der Waals surface area contributed by atoms with Crippen LogP contribution in [0, 0.1) is 23.2 Å². The number of hydrogen-bond acceptors (Lipinski definition) is 4. The smallest absolute Gasteiger partial charge is 0.154 e. The van der Waals surface area contributed by atoms with Gasteiger partial charge in [-0.15, -0.1) is 0 Å². The highest BCUT2D eigenvalue weighted by Crippen LogP contribution is 2.53. The van der Waals surface area contributed by atoms with Crippen molar-refractivity contribution in [2.75, 3.05) is 12.9 Å². The predicted octanol–water partition coefficient (Wildman–Crippen LogP) is 5.12. The zero-order chi connectivity index (χ0) is 21.2. The van der Waals surface area contributed by atoms with Crippen molar-refractivity contribution >= 4 is 25.8 Å². The van der Waals surface area contributed by atoms with Crippen LogP contribution in [0.15, 0.2) is 0 Å². The van der Waals surface area contributed by atoms with Gasteiger partial charge in [-0.05, 0) is 69.1 Å². The average Bonchev–Trinajstić information content (AvgIpc) is 2.77. The van der Waals surface area contributed by atoms with Crippen molar-refractivity contribution in [3.63, 3.8) is 0 Å². The molecular weight excluding hydrogens is 452 g/mol. The molecule has 29 heavy (non-hydrogen) atoms. The molecule has 6 unspecified atom stereocenters. The van der Waals surface area contributed by atoms with Crippen molar-refractivity contribution in [1.82, 2.24) is 0 Å². The van der Waals surface area contributed by atoms with E-state index in [1.54, 1.807) is 7.11 Å². The van der Waals surface area contributed by atoms with E-state index in [0.29, 0.717) is 10.7 Å². The Hall–Kier alpha value is 0.350. The van der Waals surface area contributed by atoms with Gasteiger partial charge in [-0.3, -0.25) is 0 Å². The number of methoxy groups -OCH3 is 1. The van der Waals surface area contributed by atoms with Crippen LogP contribution in [-0.2, 0) is 14.6 Å². The molecule has 0 bridgehead atoms. The Labute approximate surface area is 186 Å². The van der Waals surface area contributed by atoms with Crippen molar-refractivity contribution in [3.05, 3.63) is 0 Å². The van der Waals surface area contributed by atoms with Gasteiger partial charge in [-0.2, -0.15) is 0 Å². The number of ether oxygens (including phenoxy) is 1.